The van der Waals surface area contributed by atoms with Gasteiger partial charge in [-0.25, -0.2) is 9.50 Å². The molecule has 0 spiro atoms. The molecule has 0 saturated heterocycles. The molecule has 3 aromatic rings. The number of hydrogen-bond acceptors (Lipinski definition) is 7. The maximum absolute atomic E-state index is 12.0. The Bertz CT molecular complexity index is 954. The van der Waals surface area contributed by atoms with Crippen LogP contribution in [-0.2, 0) is 4.79 Å². The van der Waals surface area contributed by atoms with Gasteiger partial charge in [-0.1, -0.05) is 11.8 Å². The van der Waals surface area contributed by atoms with Gasteiger partial charge in [0.2, 0.25) is 11.1 Å². The SMILES string of the molecule is Cc1cc(C)n2nc(SCC(=O)Nc3ccc([N+](=O)[O-])cc3)nc2n1. The molecule has 0 atom stereocenters. The highest BCUT2D eigenvalue weighted by atomic mass is 32.2. The van der Waals surface area contributed by atoms with E-state index in [0.29, 0.717) is 16.6 Å². The lowest BCUT2D eigenvalue weighted by Gasteiger charge is -2.03. The number of non-ortho nitro benzene ring substituents is 1. The predicted molar refractivity (Wildman–Crippen MR) is 92.7 cm³/mol. The first-order valence-corrected chi connectivity index (χ1v) is 8.29. The van der Waals surface area contributed by atoms with Crippen molar-refractivity contribution in [3.63, 3.8) is 0 Å². The minimum absolute atomic E-state index is 0.0283. The van der Waals surface area contributed by atoms with Gasteiger partial charge in [0.1, 0.15) is 0 Å². The zero-order valence-electron chi connectivity index (χ0n) is 13.5. The van der Waals surface area contributed by atoms with Crippen LogP contribution in [0.15, 0.2) is 35.5 Å². The monoisotopic (exact) mass is 358 g/mol. The highest BCUT2D eigenvalue weighted by Crippen LogP contribution is 2.18. The number of aryl methyl sites for hydroxylation is 2. The summed E-state index contributed by atoms with van der Waals surface area (Å²) in [6.07, 6.45) is 0. The number of carbonyl (C=O) groups is 1. The lowest BCUT2D eigenvalue weighted by atomic mass is 10.3. The largest absolute Gasteiger partial charge is 0.325 e. The summed E-state index contributed by atoms with van der Waals surface area (Å²) < 4.78 is 1.63. The lowest BCUT2D eigenvalue weighted by Crippen LogP contribution is -2.14. The summed E-state index contributed by atoms with van der Waals surface area (Å²) in [5.74, 6) is 0.362. The van der Waals surface area contributed by atoms with Crippen molar-refractivity contribution in [2.75, 3.05) is 11.1 Å². The number of hydrogen-bond donors (Lipinski definition) is 1. The molecule has 10 heteroatoms. The van der Waals surface area contributed by atoms with Crippen LogP contribution in [-0.4, -0.2) is 36.2 Å². The van der Waals surface area contributed by atoms with Crippen LogP contribution < -0.4 is 5.32 Å². The molecule has 0 bridgehead atoms. The summed E-state index contributed by atoms with van der Waals surface area (Å²) in [6, 6.07) is 7.55. The molecule has 128 valence electrons. The molecule has 1 N–H and O–H groups in total. The van der Waals surface area contributed by atoms with Crippen LogP contribution in [0.4, 0.5) is 11.4 Å². The molecular weight excluding hydrogens is 344 g/mol. The average Bonchev–Trinajstić information content (AvgIpc) is 2.97. The van der Waals surface area contributed by atoms with Crippen LogP contribution in [0.5, 0.6) is 0 Å². The first kappa shape index (κ1) is 16.8. The van der Waals surface area contributed by atoms with E-state index in [-0.39, 0.29) is 17.3 Å². The van der Waals surface area contributed by atoms with Gasteiger partial charge < -0.3 is 5.32 Å². The Morgan fingerprint density at radius 3 is 2.68 bits per heavy atom. The first-order valence-electron chi connectivity index (χ1n) is 7.30. The molecule has 2 heterocycles. The van der Waals surface area contributed by atoms with Crippen LogP contribution in [0.1, 0.15) is 11.4 Å². The predicted octanol–water partition coefficient (Wildman–Crippen LogP) is 2.38. The number of nitrogens with zero attached hydrogens (tertiary/aromatic N) is 5. The van der Waals surface area contributed by atoms with E-state index in [9.17, 15) is 14.9 Å². The van der Waals surface area contributed by atoms with E-state index < -0.39 is 4.92 Å². The highest BCUT2D eigenvalue weighted by molar-refractivity contribution is 7.99. The average molecular weight is 358 g/mol. The van der Waals surface area contributed by atoms with Gasteiger partial charge in [-0.3, -0.25) is 14.9 Å². The number of benzene rings is 1. The molecule has 0 aliphatic carbocycles. The molecule has 0 saturated carbocycles. The molecule has 1 aromatic carbocycles. The standard InChI is InChI=1S/C15H14N6O3S/c1-9-7-10(2)20-14(16-9)18-15(19-20)25-8-13(22)17-11-3-5-12(6-4-11)21(23)24/h3-7H,8H2,1-2H3,(H,17,22). The Balaban J connectivity index is 1.62. The van der Waals surface area contributed by atoms with E-state index in [1.165, 1.54) is 36.0 Å². The zero-order valence-corrected chi connectivity index (χ0v) is 14.3. The minimum Gasteiger partial charge on any atom is -0.325 e. The van der Waals surface area contributed by atoms with Crippen molar-refractivity contribution in [1.82, 2.24) is 19.6 Å². The molecule has 0 fully saturated rings. The Morgan fingerprint density at radius 1 is 1.28 bits per heavy atom. The summed E-state index contributed by atoms with van der Waals surface area (Å²) in [7, 11) is 0. The zero-order chi connectivity index (χ0) is 18.0. The second-order valence-electron chi connectivity index (χ2n) is 5.29. The highest BCUT2D eigenvalue weighted by Gasteiger charge is 2.11. The van der Waals surface area contributed by atoms with Gasteiger partial charge in [0.25, 0.3) is 11.5 Å². The third kappa shape index (κ3) is 3.91. The molecule has 1 amide bonds. The van der Waals surface area contributed by atoms with Crippen molar-refractivity contribution in [2.24, 2.45) is 0 Å². The van der Waals surface area contributed by atoms with Crippen LogP contribution in [0.3, 0.4) is 0 Å². The summed E-state index contributed by atoms with van der Waals surface area (Å²) in [4.78, 5) is 30.7. The van der Waals surface area contributed by atoms with Crippen molar-refractivity contribution in [3.8, 4) is 0 Å². The smallest absolute Gasteiger partial charge is 0.269 e. The number of fused-ring (bicyclic) bond motifs is 1. The number of nitrogens with one attached hydrogen (secondary N) is 1. The maximum atomic E-state index is 12.0. The van der Waals surface area contributed by atoms with E-state index in [0.717, 1.165) is 11.4 Å². The van der Waals surface area contributed by atoms with E-state index in [1.807, 2.05) is 19.9 Å². The van der Waals surface area contributed by atoms with Crippen LogP contribution in [0, 0.1) is 24.0 Å². The Morgan fingerprint density at radius 2 is 2.00 bits per heavy atom. The number of rotatable bonds is 5. The van der Waals surface area contributed by atoms with Crippen molar-refractivity contribution in [1.29, 1.82) is 0 Å². The molecule has 3 rings (SSSR count). The third-order valence-corrected chi connectivity index (χ3v) is 4.13. The van der Waals surface area contributed by atoms with Crippen LogP contribution in [0.25, 0.3) is 5.78 Å². The Hall–Kier alpha value is -3.01. The molecule has 25 heavy (non-hydrogen) atoms. The fourth-order valence-corrected chi connectivity index (χ4v) is 2.82. The van der Waals surface area contributed by atoms with Gasteiger partial charge in [0.05, 0.1) is 10.7 Å². The summed E-state index contributed by atoms with van der Waals surface area (Å²) in [5.41, 5.74) is 2.23. The molecule has 9 nitrogen and oxygen atoms in total. The first-order chi connectivity index (χ1) is 11.9. The van der Waals surface area contributed by atoms with Crippen LogP contribution in [0.2, 0.25) is 0 Å². The van der Waals surface area contributed by atoms with E-state index >= 15 is 0 Å². The van der Waals surface area contributed by atoms with Gasteiger partial charge in [-0.05, 0) is 32.0 Å². The maximum Gasteiger partial charge on any atom is 0.269 e. The van der Waals surface area contributed by atoms with E-state index in [4.69, 9.17) is 0 Å². The number of nitro groups is 1. The molecule has 0 radical (unpaired) electrons. The summed E-state index contributed by atoms with van der Waals surface area (Å²) in [6.45, 7) is 3.79. The van der Waals surface area contributed by atoms with Crippen molar-refractivity contribution >= 4 is 34.8 Å². The fraction of sp³-hybridized carbons (Fsp3) is 0.200. The number of carbonyl (C=O) groups excluding carboxylic acids is 1. The molecular formula is C15H14N6O3S. The minimum atomic E-state index is -0.492. The Kier molecular flexibility index (Phi) is 4.61. The van der Waals surface area contributed by atoms with Gasteiger partial charge in [-0.2, -0.15) is 4.98 Å². The number of anilines is 1. The molecule has 2 aromatic heterocycles. The van der Waals surface area contributed by atoms with Crippen molar-refractivity contribution < 1.29 is 9.72 Å². The number of aromatic nitrogens is 4. The fourth-order valence-electron chi connectivity index (χ4n) is 2.20. The Labute approximate surface area is 146 Å². The molecule has 0 aliphatic rings. The number of nitro benzene ring substituents is 1. The second kappa shape index (κ2) is 6.85. The number of amides is 1. The van der Waals surface area contributed by atoms with E-state index in [2.05, 4.69) is 20.4 Å². The molecule has 0 aliphatic heterocycles. The lowest BCUT2D eigenvalue weighted by molar-refractivity contribution is -0.384. The van der Waals surface area contributed by atoms with Gasteiger partial charge in [-0.15, -0.1) is 5.10 Å². The normalized spacial score (nSPS) is 10.8. The quantitative estimate of drug-likeness (QED) is 0.423. The van der Waals surface area contributed by atoms with Crippen molar-refractivity contribution in [3.05, 3.63) is 51.8 Å². The summed E-state index contributed by atoms with van der Waals surface area (Å²) in [5, 5.41) is 18.1. The van der Waals surface area contributed by atoms with Crippen molar-refractivity contribution in [2.45, 2.75) is 19.0 Å². The third-order valence-electron chi connectivity index (χ3n) is 3.29. The second-order valence-corrected chi connectivity index (χ2v) is 6.23. The van der Waals surface area contributed by atoms with Gasteiger partial charge >= 0.3 is 0 Å². The summed E-state index contributed by atoms with van der Waals surface area (Å²) >= 11 is 1.19. The topological polar surface area (TPSA) is 115 Å². The van der Waals surface area contributed by atoms with Gasteiger partial charge in [0, 0.05) is 29.2 Å². The van der Waals surface area contributed by atoms with Crippen LogP contribution >= 0.6 is 11.8 Å². The molecule has 0 unspecified atom stereocenters. The number of thioether (sulfide) groups is 1. The van der Waals surface area contributed by atoms with E-state index in [1.54, 1.807) is 4.52 Å². The van der Waals surface area contributed by atoms with Gasteiger partial charge in [0.15, 0.2) is 0 Å².